The molecule has 0 amide bonds. The second kappa shape index (κ2) is 9.50. The number of hydrogen-bond acceptors (Lipinski definition) is 7. The van der Waals surface area contributed by atoms with Crippen LogP contribution in [0.5, 0.6) is 0 Å². The quantitative estimate of drug-likeness (QED) is 0.510. The van der Waals surface area contributed by atoms with Gasteiger partial charge in [-0.15, -0.1) is 9.05 Å². The average molecular weight is 253 g/mol. The first-order chi connectivity index (χ1) is 7.60. The van der Waals surface area contributed by atoms with Crippen LogP contribution in [0.1, 0.15) is 0 Å². The van der Waals surface area contributed by atoms with Crippen LogP contribution in [0.25, 0.3) is 0 Å². The number of carbonyl (C=O) groups is 2. The van der Waals surface area contributed by atoms with Gasteiger partial charge < -0.3 is 9.47 Å². The van der Waals surface area contributed by atoms with Crippen molar-refractivity contribution in [2.75, 3.05) is 40.6 Å². The van der Waals surface area contributed by atoms with Crippen molar-refractivity contribution in [3.8, 4) is 0 Å². The summed E-state index contributed by atoms with van der Waals surface area (Å²) in [4.78, 5) is 21.7. The topological polar surface area (TPSA) is 88.1 Å². The molecule has 0 rings (SSSR count). The lowest BCUT2D eigenvalue weighted by Gasteiger charge is -1.94. The number of rotatable bonds is 10. The van der Waals surface area contributed by atoms with Gasteiger partial charge in [0.2, 0.25) is 0 Å². The van der Waals surface area contributed by atoms with Crippen LogP contribution < -0.4 is 0 Å². The van der Waals surface area contributed by atoms with Crippen molar-refractivity contribution in [1.82, 2.24) is 0 Å². The molecule has 0 aliphatic carbocycles. The maximum absolute atomic E-state index is 11.0. The Hall–Kier alpha value is -0.720. The molecule has 0 radical (unpaired) electrons. The zero-order valence-corrected chi connectivity index (χ0v) is 10.0. The Morgan fingerprint density at radius 1 is 0.875 bits per heavy atom. The first-order valence-corrected chi connectivity index (χ1v) is 5.44. The van der Waals surface area contributed by atoms with Crippen LogP contribution in [0.3, 0.4) is 0 Å². The molecule has 0 heterocycles. The normalized spacial score (nSPS) is 10.1. The van der Waals surface area contributed by atoms with Gasteiger partial charge in [0.15, 0.2) is 24.8 Å². The van der Waals surface area contributed by atoms with Gasteiger partial charge >= 0.3 is 8.25 Å². The molecule has 0 unspecified atom stereocenters. The highest BCUT2D eigenvalue weighted by Crippen LogP contribution is 2.22. The van der Waals surface area contributed by atoms with E-state index >= 15 is 0 Å². The molecule has 0 aliphatic heterocycles. The van der Waals surface area contributed by atoms with E-state index in [1.54, 1.807) is 0 Å². The Labute approximate surface area is 93.9 Å². The molecule has 7 nitrogen and oxygen atoms in total. The fourth-order valence-electron chi connectivity index (χ4n) is 0.692. The number of methoxy groups -OCH3 is 2. The summed E-state index contributed by atoms with van der Waals surface area (Å²) >= 11 is 0. The zero-order chi connectivity index (χ0) is 12.4. The van der Waals surface area contributed by atoms with Gasteiger partial charge in [0.1, 0.15) is 13.2 Å². The van der Waals surface area contributed by atoms with E-state index in [4.69, 9.17) is 0 Å². The summed E-state index contributed by atoms with van der Waals surface area (Å²) in [6.07, 6.45) is 0. The molecule has 0 aromatic rings. The standard InChI is InChI=1S/C8H14O7P/c1-12-3-7(9)5-14-16(11)15-6-8(10)4-13-2/h3-6H2,1-2H3/q+1. The molecular formula is C8H14O7P+. The van der Waals surface area contributed by atoms with Crippen molar-refractivity contribution in [1.29, 1.82) is 0 Å². The summed E-state index contributed by atoms with van der Waals surface area (Å²) in [5.74, 6) is -0.727. The van der Waals surface area contributed by atoms with Crippen LogP contribution in [-0.2, 0) is 32.7 Å². The molecule has 0 aromatic heterocycles. The van der Waals surface area contributed by atoms with Crippen LogP contribution in [0, 0.1) is 0 Å². The number of hydrogen-bond donors (Lipinski definition) is 0. The minimum absolute atomic E-state index is 0.119. The lowest BCUT2D eigenvalue weighted by Crippen LogP contribution is -2.14. The monoisotopic (exact) mass is 253 g/mol. The van der Waals surface area contributed by atoms with Gasteiger partial charge in [-0.25, -0.2) is 0 Å². The highest BCUT2D eigenvalue weighted by Gasteiger charge is 2.23. The van der Waals surface area contributed by atoms with Crippen molar-refractivity contribution >= 4 is 19.8 Å². The predicted octanol–water partition coefficient (Wildman–Crippen LogP) is 0.108. The van der Waals surface area contributed by atoms with Gasteiger partial charge in [0, 0.05) is 18.8 Å². The molecule has 8 heteroatoms. The van der Waals surface area contributed by atoms with E-state index < -0.39 is 8.25 Å². The van der Waals surface area contributed by atoms with Crippen LogP contribution >= 0.6 is 8.25 Å². The van der Waals surface area contributed by atoms with Crippen molar-refractivity contribution in [3.63, 3.8) is 0 Å². The lowest BCUT2D eigenvalue weighted by molar-refractivity contribution is -0.125. The van der Waals surface area contributed by atoms with E-state index in [0.717, 1.165) is 0 Å². The second-order valence-corrected chi connectivity index (χ2v) is 3.68. The largest absolute Gasteiger partial charge is 0.698 e. The lowest BCUT2D eigenvalue weighted by atomic mass is 10.5. The van der Waals surface area contributed by atoms with E-state index in [1.807, 2.05) is 0 Å². The van der Waals surface area contributed by atoms with E-state index in [1.165, 1.54) is 14.2 Å². The second-order valence-electron chi connectivity index (χ2n) is 2.71. The van der Waals surface area contributed by atoms with E-state index in [2.05, 4.69) is 18.5 Å². The van der Waals surface area contributed by atoms with Gasteiger partial charge in [0.25, 0.3) is 0 Å². The molecule has 0 bridgehead atoms. The Morgan fingerprint density at radius 3 is 1.56 bits per heavy atom. The average Bonchev–Trinajstić information content (AvgIpc) is 2.24. The fraction of sp³-hybridized carbons (Fsp3) is 0.750. The van der Waals surface area contributed by atoms with Crippen molar-refractivity contribution < 1.29 is 32.7 Å². The molecule has 0 fully saturated rings. The number of Topliss-reactive ketones (excluding diaryl/α,β-unsaturated/α-hetero) is 2. The van der Waals surface area contributed by atoms with Crippen LogP contribution in [0.2, 0.25) is 0 Å². The van der Waals surface area contributed by atoms with E-state index in [0.29, 0.717) is 0 Å². The highest BCUT2D eigenvalue weighted by atomic mass is 31.1. The summed E-state index contributed by atoms with van der Waals surface area (Å²) in [6.45, 7) is -0.986. The molecule has 0 aliphatic rings. The van der Waals surface area contributed by atoms with Crippen molar-refractivity contribution in [2.24, 2.45) is 0 Å². The molecule has 0 saturated heterocycles. The number of carbonyl (C=O) groups excluding carboxylic acids is 2. The fourth-order valence-corrected chi connectivity index (χ4v) is 1.27. The third-order valence-corrected chi connectivity index (χ3v) is 1.95. The predicted molar refractivity (Wildman–Crippen MR) is 53.3 cm³/mol. The Kier molecular flexibility index (Phi) is 9.07. The summed E-state index contributed by atoms with van der Waals surface area (Å²) in [7, 11) is 0.248. The minimum atomic E-state index is -2.47. The van der Waals surface area contributed by atoms with Gasteiger partial charge in [-0.3, -0.25) is 9.59 Å². The molecular weight excluding hydrogens is 239 g/mol. The zero-order valence-electron chi connectivity index (χ0n) is 9.13. The van der Waals surface area contributed by atoms with Crippen LogP contribution in [0.4, 0.5) is 0 Å². The van der Waals surface area contributed by atoms with E-state index in [-0.39, 0.29) is 38.0 Å². The first kappa shape index (κ1) is 15.3. The van der Waals surface area contributed by atoms with Crippen molar-refractivity contribution in [2.45, 2.75) is 0 Å². The number of ether oxygens (including phenoxy) is 2. The SMILES string of the molecule is COCC(=O)CO[P+](=O)OCC(=O)COC. The maximum Gasteiger partial charge on any atom is 0.698 e. The molecule has 16 heavy (non-hydrogen) atoms. The van der Waals surface area contributed by atoms with E-state index in [9.17, 15) is 14.2 Å². The molecule has 92 valence electrons. The Morgan fingerprint density at radius 2 is 1.25 bits per heavy atom. The summed E-state index contributed by atoms with van der Waals surface area (Å²) in [6, 6.07) is 0. The summed E-state index contributed by atoms with van der Waals surface area (Å²) in [5.41, 5.74) is 0. The van der Waals surface area contributed by atoms with Crippen LogP contribution in [0.15, 0.2) is 0 Å². The minimum Gasteiger partial charge on any atom is -0.377 e. The Bertz CT molecular complexity index is 229. The molecule has 0 atom stereocenters. The smallest absolute Gasteiger partial charge is 0.377 e. The molecule has 0 spiro atoms. The Balaban J connectivity index is 3.59. The molecule has 0 N–H and O–H groups in total. The van der Waals surface area contributed by atoms with Gasteiger partial charge in [0.05, 0.1) is 0 Å². The highest BCUT2D eigenvalue weighted by molar-refractivity contribution is 7.33. The van der Waals surface area contributed by atoms with Crippen LogP contribution in [-0.4, -0.2) is 52.2 Å². The van der Waals surface area contributed by atoms with Crippen molar-refractivity contribution in [3.05, 3.63) is 0 Å². The number of ketones is 2. The summed E-state index contributed by atoms with van der Waals surface area (Å²) < 4.78 is 29.1. The molecule has 0 saturated carbocycles. The third kappa shape index (κ3) is 8.58. The molecule has 0 aromatic carbocycles. The van der Waals surface area contributed by atoms with Gasteiger partial charge in [-0.2, -0.15) is 0 Å². The first-order valence-electron chi connectivity index (χ1n) is 4.34. The summed E-state index contributed by atoms with van der Waals surface area (Å²) in [5, 5.41) is 0. The van der Waals surface area contributed by atoms with Gasteiger partial charge in [-0.1, -0.05) is 0 Å². The maximum atomic E-state index is 11.0. The third-order valence-electron chi connectivity index (χ3n) is 1.27. The van der Waals surface area contributed by atoms with Gasteiger partial charge in [-0.05, 0) is 0 Å².